The van der Waals surface area contributed by atoms with E-state index in [0.717, 1.165) is 33.5 Å². The van der Waals surface area contributed by atoms with Crippen molar-refractivity contribution in [1.29, 1.82) is 0 Å². The van der Waals surface area contributed by atoms with Gasteiger partial charge in [-0.05, 0) is 56.3 Å². The Hall–Kier alpha value is -3.27. The predicted octanol–water partition coefficient (Wildman–Crippen LogP) is 5.53. The standard InChI is InChI=1S/C22H18FN3/c1-15-12-18(14-25-22-8-4-3-7-20(22)23)16(2)26(15)19-9-10-21-17(13-19)6-5-11-24-21/h3-14H,1-2H3. The molecule has 0 unspecified atom stereocenters. The van der Waals surface area contributed by atoms with Crippen LogP contribution in [-0.2, 0) is 0 Å². The molecule has 2 aromatic heterocycles. The summed E-state index contributed by atoms with van der Waals surface area (Å²) in [5.74, 6) is -0.320. The highest BCUT2D eigenvalue weighted by Gasteiger charge is 2.10. The molecule has 0 saturated heterocycles. The molecule has 0 radical (unpaired) electrons. The molecule has 0 amide bonds. The van der Waals surface area contributed by atoms with Crippen LogP contribution in [0.5, 0.6) is 0 Å². The highest BCUT2D eigenvalue weighted by molar-refractivity contribution is 5.85. The van der Waals surface area contributed by atoms with Gasteiger partial charge in [0.25, 0.3) is 0 Å². The first-order valence-corrected chi connectivity index (χ1v) is 8.46. The zero-order valence-electron chi connectivity index (χ0n) is 14.6. The average Bonchev–Trinajstić information content (AvgIpc) is 2.94. The molecule has 4 heteroatoms. The Bertz CT molecular complexity index is 1130. The summed E-state index contributed by atoms with van der Waals surface area (Å²) < 4.78 is 15.9. The number of hydrogen-bond acceptors (Lipinski definition) is 2. The second kappa shape index (κ2) is 6.56. The van der Waals surface area contributed by atoms with Crippen molar-refractivity contribution < 1.29 is 4.39 Å². The van der Waals surface area contributed by atoms with Gasteiger partial charge in [-0.2, -0.15) is 0 Å². The number of benzene rings is 2. The summed E-state index contributed by atoms with van der Waals surface area (Å²) in [5, 5.41) is 1.10. The number of para-hydroxylation sites is 1. The lowest BCUT2D eigenvalue weighted by molar-refractivity contribution is 0.630. The van der Waals surface area contributed by atoms with Crippen LogP contribution in [0, 0.1) is 19.7 Å². The fourth-order valence-corrected chi connectivity index (χ4v) is 3.21. The lowest BCUT2D eigenvalue weighted by atomic mass is 10.2. The molecule has 0 aliphatic carbocycles. The van der Waals surface area contributed by atoms with E-state index >= 15 is 0 Å². The number of aromatic nitrogens is 2. The van der Waals surface area contributed by atoms with Crippen molar-refractivity contribution in [1.82, 2.24) is 9.55 Å². The fraction of sp³-hybridized carbons (Fsp3) is 0.0909. The van der Waals surface area contributed by atoms with Gasteiger partial charge >= 0.3 is 0 Å². The molecule has 4 aromatic rings. The Labute approximate surface area is 151 Å². The van der Waals surface area contributed by atoms with Gasteiger partial charge < -0.3 is 4.57 Å². The summed E-state index contributed by atoms with van der Waals surface area (Å²) in [4.78, 5) is 8.68. The summed E-state index contributed by atoms with van der Waals surface area (Å²) in [5.41, 5.74) is 5.52. The quantitative estimate of drug-likeness (QED) is 0.450. The SMILES string of the molecule is Cc1cc(C=Nc2ccccc2F)c(C)n1-c1ccc2ncccc2c1. The normalized spacial score (nSPS) is 11.5. The van der Waals surface area contributed by atoms with Crippen LogP contribution in [0.2, 0.25) is 0 Å². The zero-order chi connectivity index (χ0) is 18.1. The monoisotopic (exact) mass is 343 g/mol. The van der Waals surface area contributed by atoms with Crippen molar-refractivity contribution >= 4 is 22.8 Å². The van der Waals surface area contributed by atoms with Crippen LogP contribution in [0.1, 0.15) is 17.0 Å². The van der Waals surface area contributed by atoms with E-state index in [1.807, 2.05) is 19.1 Å². The third-order valence-electron chi connectivity index (χ3n) is 4.51. The minimum Gasteiger partial charge on any atom is -0.318 e. The molecular weight excluding hydrogens is 325 g/mol. The maximum Gasteiger partial charge on any atom is 0.148 e. The van der Waals surface area contributed by atoms with E-state index < -0.39 is 0 Å². The molecule has 2 heterocycles. The highest BCUT2D eigenvalue weighted by atomic mass is 19.1. The number of hydrogen-bond donors (Lipinski definition) is 0. The Morgan fingerprint density at radius 2 is 1.85 bits per heavy atom. The second-order valence-electron chi connectivity index (χ2n) is 6.25. The Kier molecular flexibility index (Phi) is 4.09. The third kappa shape index (κ3) is 2.90. The number of rotatable bonds is 3. The lowest BCUT2D eigenvalue weighted by Crippen LogP contribution is -1.99. The van der Waals surface area contributed by atoms with E-state index in [4.69, 9.17) is 0 Å². The predicted molar refractivity (Wildman–Crippen MR) is 104 cm³/mol. The lowest BCUT2D eigenvalue weighted by Gasteiger charge is -2.10. The summed E-state index contributed by atoms with van der Waals surface area (Å²) in [6.07, 6.45) is 3.52. The van der Waals surface area contributed by atoms with Crippen molar-refractivity contribution in [3.05, 3.63) is 89.6 Å². The molecule has 0 aliphatic heterocycles. The molecule has 0 saturated carbocycles. The van der Waals surface area contributed by atoms with Gasteiger partial charge in [0.1, 0.15) is 5.82 Å². The molecule has 4 rings (SSSR count). The van der Waals surface area contributed by atoms with Gasteiger partial charge in [-0.3, -0.25) is 9.98 Å². The number of nitrogens with zero attached hydrogens (tertiary/aromatic N) is 3. The summed E-state index contributed by atoms with van der Waals surface area (Å²) in [7, 11) is 0. The number of aliphatic imine (C=N–C) groups is 1. The van der Waals surface area contributed by atoms with E-state index in [1.165, 1.54) is 6.07 Å². The van der Waals surface area contributed by atoms with Crippen LogP contribution in [0.3, 0.4) is 0 Å². The number of halogens is 1. The van der Waals surface area contributed by atoms with Gasteiger partial charge in [-0.1, -0.05) is 18.2 Å². The number of fused-ring (bicyclic) bond motifs is 1. The van der Waals surface area contributed by atoms with Gasteiger partial charge in [0.15, 0.2) is 0 Å². The molecular formula is C22H18FN3. The molecule has 0 fully saturated rings. The maximum atomic E-state index is 13.8. The van der Waals surface area contributed by atoms with Crippen LogP contribution in [0.15, 0.2) is 71.9 Å². The van der Waals surface area contributed by atoms with Crippen LogP contribution in [0.4, 0.5) is 10.1 Å². The Morgan fingerprint density at radius 1 is 1.00 bits per heavy atom. The van der Waals surface area contributed by atoms with E-state index in [1.54, 1.807) is 30.6 Å². The topological polar surface area (TPSA) is 30.2 Å². The van der Waals surface area contributed by atoms with Gasteiger partial charge in [0.2, 0.25) is 0 Å². The summed E-state index contributed by atoms with van der Waals surface area (Å²) in [6.45, 7) is 4.10. The van der Waals surface area contributed by atoms with E-state index in [0.29, 0.717) is 5.69 Å². The van der Waals surface area contributed by atoms with Gasteiger partial charge in [0.05, 0.1) is 11.2 Å². The van der Waals surface area contributed by atoms with Crippen LogP contribution in [-0.4, -0.2) is 15.8 Å². The first-order valence-electron chi connectivity index (χ1n) is 8.46. The first kappa shape index (κ1) is 16.2. The van der Waals surface area contributed by atoms with Crippen molar-refractivity contribution in [2.24, 2.45) is 4.99 Å². The third-order valence-corrected chi connectivity index (χ3v) is 4.51. The van der Waals surface area contributed by atoms with Crippen molar-refractivity contribution in [3.63, 3.8) is 0 Å². The molecule has 0 aliphatic rings. The first-order chi connectivity index (χ1) is 12.6. The minimum atomic E-state index is -0.320. The molecule has 0 N–H and O–H groups in total. The molecule has 0 bridgehead atoms. The molecule has 3 nitrogen and oxygen atoms in total. The van der Waals surface area contributed by atoms with Crippen LogP contribution < -0.4 is 0 Å². The molecule has 0 atom stereocenters. The van der Waals surface area contributed by atoms with Gasteiger partial charge in [-0.15, -0.1) is 0 Å². The van der Waals surface area contributed by atoms with Crippen molar-refractivity contribution in [2.75, 3.05) is 0 Å². The van der Waals surface area contributed by atoms with Crippen LogP contribution >= 0.6 is 0 Å². The number of pyridine rings is 1. The minimum absolute atomic E-state index is 0.320. The molecule has 0 spiro atoms. The fourth-order valence-electron chi connectivity index (χ4n) is 3.21. The zero-order valence-corrected chi connectivity index (χ0v) is 14.6. The van der Waals surface area contributed by atoms with Crippen LogP contribution in [0.25, 0.3) is 16.6 Å². The largest absolute Gasteiger partial charge is 0.318 e. The smallest absolute Gasteiger partial charge is 0.148 e. The Balaban J connectivity index is 1.75. The summed E-state index contributed by atoms with van der Waals surface area (Å²) in [6, 6.07) is 18.8. The number of aryl methyl sites for hydroxylation is 1. The maximum absolute atomic E-state index is 13.8. The van der Waals surface area contributed by atoms with Gasteiger partial charge in [0, 0.05) is 40.4 Å². The summed E-state index contributed by atoms with van der Waals surface area (Å²) >= 11 is 0. The van der Waals surface area contributed by atoms with E-state index in [-0.39, 0.29) is 5.82 Å². The van der Waals surface area contributed by atoms with E-state index in [9.17, 15) is 4.39 Å². The van der Waals surface area contributed by atoms with Crippen molar-refractivity contribution in [2.45, 2.75) is 13.8 Å². The molecule has 2 aromatic carbocycles. The van der Waals surface area contributed by atoms with Crippen molar-refractivity contribution in [3.8, 4) is 5.69 Å². The Morgan fingerprint density at radius 3 is 2.69 bits per heavy atom. The molecule has 128 valence electrons. The molecule has 26 heavy (non-hydrogen) atoms. The second-order valence-corrected chi connectivity index (χ2v) is 6.25. The van der Waals surface area contributed by atoms with E-state index in [2.05, 4.69) is 45.7 Å². The average molecular weight is 343 g/mol. The highest BCUT2D eigenvalue weighted by Crippen LogP contribution is 2.24. The van der Waals surface area contributed by atoms with Gasteiger partial charge in [-0.25, -0.2) is 4.39 Å².